The molecule has 3 heterocycles. The van der Waals surface area contributed by atoms with Crippen LogP contribution in [0.15, 0.2) is 47.4 Å². The maximum Gasteiger partial charge on any atom is 0.227 e. The van der Waals surface area contributed by atoms with Gasteiger partial charge in [0, 0.05) is 31.3 Å². The molecular weight excluding hydrogens is 359 g/mol. The summed E-state index contributed by atoms with van der Waals surface area (Å²) in [6, 6.07) is 7.94. The number of carbonyl (C=O) groups is 1. The number of hydrogen-bond acceptors (Lipinski definition) is 5. The van der Waals surface area contributed by atoms with E-state index in [1.54, 1.807) is 18.3 Å². The van der Waals surface area contributed by atoms with Crippen LogP contribution in [0.25, 0.3) is 11.3 Å². The van der Waals surface area contributed by atoms with Gasteiger partial charge in [-0.15, -0.1) is 0 Å². The highest BCUT2D eigenvalue weighted by atomic mass is 19.1. The molecule has 0 spiro atoms. The molecule has 0 N–H and O–H groups in total. The quantitative estimate of drug-likeness (QED) is 0.692. The first-order valence-corrected chi connectivity index (χ1v) is 9.36. The minimum absolute atomic E-state index is 0.0439. The number of hydrogen-bond donors (Lipinski definition) is 0. The molecule has 28 heavy (non-hydrogen) atoms. The summed E-state index contributed by atoms with van der Waals surface area (Å²) in [7, 11) is 0. The lowest BCUT2D eigenvalue weighted by molar-refractivity contribution is -0.131. The first-order valence-electron chi connectivity index (χ1n) is 9.36. The molecule has 1 amide bonds. The van der Waals surface area contributed by atoms with Crippen LogP contribution in [0.1, 0.15) is 35.7 Å². The standard InChI is InChI=1S/C21H21FN4O2/c1-14-9-19(28-25-14)18-11-23-13-24-21(18)16-3-2-8-26(12-16)20(27)10-15-4-6-17(22)7-5-15/h4-7,9,11,13,16H,2-3,8,10,12H2,1H3/t16-/m1/s1. The Labute approximate surface area is 162 Å². The van der Waals surface area contributed by atoms with Crippen LogP contribution in [0.5, 0.6) is 0 Å². The van der Waals surface area contributed by atoms with Crippen molar-refractivity contribution < 1.29 is 13.7 Å². The van der Waals surface area contributed by atoms with Crippen LogP contribution in [0, 0.1) is 12.7 Å². The largest absolute Gasteiger partial charge is 0.356 e. The molecule has 1 aromatic carbocycles. The fourth-order valence-corrected chi connectivity index (χ4v) is 3.66. The average Bonchev–Trinajstić information content (AvgIpc) is 3.16. The molecule has 7 heteroatoms. The van der Waals surface area contributed by atoms with E-state index >= 15 is 0 Å². The molecule has 3 aromatic rings. The van der Waals surface area contributed by atoms with Crippen LogP contribution < -0.4 is 0 Å². The second-order valence-electron chi connectivity index (χ2n) is 7.14. The number of aromatic nitrogens is 3. The summed E-state index contributed by atoms with van der Waals surface area (Å²) in [5.74, 6) is 0.493. The Morgan fingerprint density at radius 3 is 2.89 bits per heavy atom. The van der Waals surface area contributed by atoms with Gasteiger partial charge in [-0.05, 0) is 37.5 Å². The second-order valence-corrected chi connectivity index (χ2v) is 7.14. The summed E-state index contributed by atoms with van der Waals surface area (Å²) >= 11 is 0. The van der Waals surface area contributed by atoms with Gasteiger partial charge < -0.3 is 9.42 Å². The predicted octanol–water partition coefficient (Wildman–Crippen LogP) is 3.53. The van der Waals surface area contributed by atoms with Crippen molar-refractivity contribution >= 4 is 5.91 Å². The number of rotatable bonds is 4. The lowest BCUT2D eigenvalue weighted by atomic mass is 9.91. The van der Waals surface area contributed by atoms with Gasteiger partial charge in [0.1, 0.15) is 12.1 Å². The first kappa shape index (κ1) is 18.3. The Balaban J connectivity index is 1.51. The molecule has 0 radical (unpaired) electrons. The summed E-state index contributed by atoms with van der Waals surface area (Å²) in [5, 5.41) is 3.95. The third-order valence-electron chi connectivity index (χ3n) is 5.07. The molecule has 144 valence electrons. The van der Waals surface area contributed by atoms with E-state index in [-0.39, 0.29) is 24.1 Å². The van der Waals surface area contributed by atoms with Crippen molar-refractivity contribution in [1.82, 2.24) is 20.0 Å². The topological polar surface area (TPSA) is 72.1 Å². The Hall–Kier alpha value is -3.09. The lowest BCUT2D eigenvalue weighted by Crippen LogP contribution is -2.40. The maximum absolute atomic E-state index is 13.1. The Bertz CT molecular complexity index is 971. The number of halogens is 1. The summed E-state index contributed by atoms with van der Waals surface area (Å²) in [5.41, 5.74) is 3.31. The zero-order valence-electron chi connectivity index (χ0n) is 15.6. The second kappa shape index (κ2) is 7.88. The molecule has 0 bridgehead atoms. The van der Waals surface area contributed by atoms with Crippen molar-refractivity contribution in [3.05, 3.63) is 65.6 Å². The van der Waals surface area contributed by atoms with E-state index in [4.69, 9.17) is 4.52 Å². The van der Waals surface area contributed by atoms with Crippen molar-refractivity contribution in [3.8, 4) is 11.3 Å². The molecule has 4 rings (SSSR count). The number of aryl methyl sites for hydroxylation is 1. The summed E-state index contributed by atoms with van der Waals surface area (Å²) in [6.45, 7) is 3.18. The fraction of sp³-hybridized carbons (Fsp3) is 0.333. The van der Waals surface area contributed by atoms with Gasteiger partial charge in [0.2, 0.25) is 5.91 Å². The van der Waals surface area contributed by atoms with E-state index in [1.807, 2.05) is 17.9 Å². The Morgan fingerprint density at radius 1 is 1.32 bits per heavy atom. The predicted molar refractivity (Wildman–Crippen MR) is 101 cm³/mol. The normalized spacial score (nSPS) is 16.9. The highest BCUT2D eigenvalue weighted by Gasteiger charge is 2.28. The van der Waals surface area contributed by atoms with Crippen LogP contribution in [-0.2, 0) is 11.2 Å². The van der Waals surface area contributed by atoms with Gasteiger partial charge in [-0.3, -0.25) is 4.79 Å². The Kier molecular flexibility index (Phi) is 5.14. The van der Waals surface area contributed by atoms with Gasteiger partial charge in [-0.2, -0.15) is 0 Å². The number of carbonyl (C=O) groups excluding carboxylic acids is 1. The monoisotopic (exact) mass is 380 g/mol. The molecule has 2 aromatic heterocycles. The van der Waals surface area contributed by atoms with Crippen molar-refractivity contribution in [3.63, 3.8) is 0 Å². The van der Waals surface area contributed by atoms with E-state index in [9.17, 15) is 9.18 Å². The molecule has 0 saturated carbocycles. The van der Waals surface area contributed by atoms with Crippen LogP contribution >= 0.6 is 0 Å². The van der Waals surface area contributed by atoms with E-state index in [1.165, 1.54) is 18.5 Å². The molecule has 1 atom stereocenters. The van der Waals surface area contributed by atoms with E-state index in [0.717, 1.165) is 41.9 Å². The fourth-order valence-electron chi connectivity index (χ4n) is 3.66. The summed E-state index contributed by atoms with van der Waals surface area (Å²) < 4.78 is 18.5. The zero-order valence-corrected chi connectivity index (χ0v) is 15.6. The number of benzene rings is 1. The SMILES string of the molecule is Cc1cc(-c2cncnc2[C@@H]2CCCN(C(=O)Cc3ccc(F)cc3)C2)on1. The molecule has 6 nitrogen and oxygen atoms in total. The van der Waals surface area contributed by atoms with Crippen LogP contribution in [0.3, 0.4) is 0 Å². The molecule has 0 aliphatic carbocycles. The van der Waals surface area contributed by atoms with E-state index in [2.05, 4.69) is 15.1 Å². The highest BCUT2D eigenvalue weighted by molar-refractivity contribution is 5.79. The molecule has 0 unspecified atom stereocenters. The van der Waals surface area contributed by atoms with Crippen LogP contribution in [0.4, 0.5) is 4.39 Å². The van der Waals surface area contributed by atoms with Gasteiger partial charge in [-0.25, -0.2) is 14.4 Å². The van der Waals surface area contributed by atoms with Crippen molar-refractivity contribution in [2.45, 2.75) is 32.1 Å². The zero-order chi connectivity index (χ0) is 19.5. The molecule has 1 saturated heterocycles. The molecular formula is C21H21FN4O2. The first-order chi connectivity index (χ1) is 13.6. The minimum atomic E-state index is -0.298. The van der Waals surface area contributed by atoms with Crippen molar-refractivity contribution in [2.75, 3.05) is 13.1 Å². The Morgan fingerprint density at radius 2 is 2.14 bits per heavy atom. The van der Waals surface area contributed by atoms with Gasteiger partial charge in [-0.1, -0.05) is 17.3 Å². The van der Waals surface area contributed by atoms with Gasteiger partial charge in [0.15, 0.2) is 5.76 Å². The maximum atomic E-state index is 13.1. The minimum Gasteiger partial charge on any atom is -0.356 e. The van der Waals surface area contributed by atoms with Gasteiger partial charge >= 0.3 is 0 Å². The summed E-state index contributed by atoms with van der Waals surface area (Å²) in [4.78, 5) is 23.3. The summed E-state index contributed by atoms with van der Waals surface area (Å²) in [6.07, 6.45) is 5.38. The number of amides is 1. The number of piperidine rings is 1. The van der Waals surface area contributed by atoms with Crippen molar-refractivity contribution in [1.29, 1.82) is 0 Å². The average molecular weight is 380 g/mol. The van der Waals surface area contributed by atoms with E-state index < -0.39 is 0 Å². The lowest BCUT2D eigenvalue weighted by Gasteiger charge is -2.33. The third kappa shape index (κ3) is 3.93. The third-order valence-corrected chi connectivity index (χ3v) is 5.07. The van der Waals surface area contributed by atoms with E-state index in [0.29, 0.717) is 12.3 Å². The number of likely N-dealkylation sites (tertiary alicyclic amines) is 1. The molecule has 1 aliphatic heterocycles. The van der Waals surface area contributed by atoms with Gasteiger partial charge in [0.05, 0.1) is 23.4 Å². The number of nitrogens with zero attached hydrogens (tertiary/aromatic N) is 4. The van der Waals surface area contributed by atoms with Crippen molar-refractivity contribution in [2.24, 2.45) is 0 Å². The highest BCUT2D eigenvalue weighted by Crippen LogP contribution is 2.33. The molecule has 1 fully saturated rings. The van der Waals surface area contributed by atoms with Crippen LogP contribution in [0.2, 0.25) is 0 Å². The molecule has 1 aliphatic rings. The van der Waals surface area contributed by atoms with Crippen LogP contribution in [-0.4, -0.2) is 39.0 Å². The smallest absolute Gasteiger partial charge is 0.227 e. The van der Waals surface area contributed by atoms with Gasteiger partial charge in [0.25, 0.3) is 0 Å².